The lowest BCUT2D eigenvalue weighted by Crippen LogP contribution is -2.25. The predicted molar refractivity (Wildman–Crippen MR) is 114 cm³/mol. The smallest absolute Gasteiger partial charge is 0.00986 e. The fourth-order valence-electron chi connectivity index (χ4n) is 3.57. The van der Waals surface area contributed by atoms with Crippen molar-refractivity contribution >= 4 is 0 Å². The average Bonchev–Trinajstić information content (AvgIpc) is 2.49. The van der Waals surface area contributed by atoms with Gasteiger partial charge in [-0.2, -0.15) is 0 Å². The zero-order chi connectivity index (χ0) is 19.6. The van der Waals surface area contributed by atoms with Gasteiger partial charge in [-0.3, -0.25) is 0 Å². The largest absolute Gasteiger partial charge is 0.106 e. The van der Waals surface area contributed by atoms with Gasteiger partial charge in [0, 0.05) is 0 Å². The molecule has 0 unspecified atom stereocenters. The molecule has 140 valence electrons. The van der Waals surface area contributed by atoms with E-state index in [4.69, 9.17) is 0 Å². The quantitative estimate of drug-likeness (QED) is 0.475. The highest BCUT2D eigenvalue weighted by Crippen LogP contribution is 2.37. The van der Waals surface area contributed by atoms with E-state index in [-0.39, 0.29) is 5.41 Å². The summed E-state index contributed by atoms with van der Waals surface area (Å²) in [5.74, 6) is 0. The first-order chi connectivity index (χ1) is 11.0. The molecule has 0 atom stereocenters. The van der Waals surface area contributed by atoms with E-state index in [1.54, 1.807) is 0 Å². The molecule has 0 N–H and O–H groups in total. The molecule has 0 heteroatoms. The van der Waals surface area contributed by atoms with Crippen LogP contribution >= 0.6 is 0 Å². The molecule has 0 spiro atoms. The van der Waals surface area contributed by atoms with E-state index in [1.807, 2.05) is 13.8 Å². The molecule has 0 nitrogen and oxygen atoms in total. The summed E-state index contributed by atoms with van der Waals surface area (Å²) in [5.41, 5.74) is 3.83. The van der Waals surface area contributed by atoms with Crippen molar-refractivity contribution in [2.45, 2.75) is 99.3 Å². The highest BCUT2D eigenvalue weighted by atomic mass is 14.3. The van der Waals surface area contributed by atoms with E-state index in [9.17, 15) is 0 Å². The Labute approximate surface area is 153 Å². The summed E-state index contributed by atoms with van der Waals surface area (Å²) in [4.78, 5) is 0. The molecular weight excluding hydrogens is 288 g/mol. The van der Waals surface area contributed by atoms with E-state index in [1.165, 1.54) is 30.4 Å². The van der Waals surface area contributed by atoms with Crippen molar-refractivity contribution in [3.63, 3.8) is 0 Å². The Hall–Kier alpha value is -1.04. The van der Waals surface area contributed by atoms with Gasteiger partial charge >= 0.3 is 0 Å². The van der Waals surface area contributed by atoms with Gasteiger partial charge in [0.05, 0.1) is 0 Å². The Morgan fingerprint density at radius 3 is 1.33 bits per heavy atom. The van der Waals surface area contributed by atoms with Crippen molar-refractivity contribution in [1.29, 1.82) is 0 Å². The highest BCUT2D eigenvalue weighted by Gasteiger charge is 2.27. The zero-order valence-corrected chi connectivity index (χ0v) is 18.3. The normalized spacial score (nSPS) is 11.8. The zero-order valence-electron chi connectivity index (χ0n) is 18.3. The third-order valence-electron chi connectivity index (χ3n) is 4.30. The van der Waals surface area contributed by atoms with Gasteiger partial charge in [0.1, 0.15) is 0 Å². The van der Waals surface area contributed by atoms with Crippen LogP contribution in [0.3, 0.4) is 0 Å². The summed E-state index contributed by atoms with van der Waals surface area (Å²) in [6.07, 6.45) is 3.69. The van der Waals surface area contributed by atoms with Crippen LogP contribution < -0.4 is 0 Å². The number of benzene rings is 1. The van der Waals surface area contributed by atoms with Crippen LogP contribution in [0, 0.1) is 5.41 Å². The first-order valence-corrected chi connectivity index (χ1v) is 9.59. The molecule has 0 aliphatic carbocycles. The Morgan fingerprint density at radius 2 is 1.04 bits per heavy atom. The Balaban J connectivity index is 0. The first-order valence-electron chi connectivity index (χ1n) is 9.59. The summed E-state index contributed by atoms with van der Waals surface area (Å²) in [5, 5.41) is 0. The fraction of sp³-hybridized carbons (Fsp3) is 0.667. The maximum Gasteiger partial charge on any atom is -0.00986 e. The van der Waals surface area contributed by atoms with E-state index in [2.05, 4.69) is 92.8 Å². The first kappa shape index (κ1) is 25.2. The highest BCUT2D eigenvalue weighted by molar-refractivity contribution is 5.32. The number of hydrogen-bond acceptors (Lipinski definition) is 0. The molecule has 0 heterocycles. The van der Waals surface area contributed by atoms with E-state index >= 15 is 0 Å². The third kappa shape index (κ3) is 8.71. The minimum atomic E-state index is 0.242. The lowest BCUT2D eigenvalue weighted by Gasteiger charge is -2.33. The molecule has 1 aromatic carbocycles. The molecule has 0 radical (unpaired) electrons. The monoisotopic (exact) mass is 332 g/mol. The molecule has 0 aliphatic rings. The Morgan fingerprint density at radius 1 is 0.708 bits per heavy atom. The van der Waals surface area contributed by atoms with Crippen molar-refractivity contribution in [2.24, 2.45) is 5.41 Å². The van der Waals surface area contributed by atoms with Crippen molar-refractivity contribution in [3.05, 3.63) is 48.6 Å². The minimum Gasteiger partial charge on any atom is -0.106 e. The Kier molecular flexibility index (Phi) is 11.3. The van der Waals surface area contributed by atoms with Crippen molar-refractivity contribution < 1.29 is 0 Å². The molecule has 0 aromatic heterocycles. The summed E-state index contributed by atoms with van der Waals surface area (Å²) in [7, 11) is 0. The molecular formula is C24H44. The maximum absolute atomic E-state index is 3.00. The van der Waals surface area contributed by atoms with Crippen molar-refractivity contribution in [2.75, 3.05) is 0 Å². The van der Waals surface area contributed by atoms with Crippen LogP contribution in [0.2, 0.25) is 0 Å². The van der Waals surface area contributed by atoms with Crippen LogP contribution in [0.5, 0.6) is 0 Å². The average molecular weight is 333 g/mol. The SMILES string of the molecule is C=C.CC.CCCC(C)(C)c1ccc(C(C)(C)CC(C)(C)C)cc1. The van der Waals surface area contributed by atoms with E-state index in [0.29, 0.717) is 10.8 Å². The summed E-state index contributed by atoms with van der Waals surface area (Å²) in [6.45, 7) is 28.7. The summed E-state index contributed by atoms with van der Waals surface area (Å²) < 4.78 is 0. The van der Waals surface area contributed by atoms with Crippen LogP contribution in [-0.2, 0) is 10.8 Å². The summed E-state index contributed by atoms with van der Waals surface area (Å²) in [6, 6.07) is 9.38. The van der Waals surface area contributed by atoms with Gasteiger partial charge in [-0.15, -0.1) is 13.2 Å². The molecule has 0 saturated carbocycles. The number of hydrogen-bond donors (Lipinski definition) is 0. The van der Waals surface area contributed by atoms with E-state index < -0.39 is 0 Å². The van der Waals surface area contributed by atoms with Gasteiger partial charge in [-0.25, -0.2) is 0 Å². The lowest BCUT2D eigenvalue weighted by atomic mass is 9.71. The van der Waals surface area contributed by atoms with Gasteiger partial charge < -0.3 is 0 Å². The van der Waals surface area contributed by atoms with Gasteiger partial charge in [0.25, 0.3) is 0 Å². The molecule has 0 saturated heterocycles. The molecule has 0 amide bonds. The third-order valence-corrected chi connectivity index (χ3v) is 4.30. The van der Waals surface area contributed by atoms with E-state index in [0.717, 1.165) is 0 Å². The molecule has 0 aliphatic heterocycles. The fourth-order valence-corrected chi connectivity index (χ4v) is 3.57. The van der Waals surface area contributed by atoms with Gasteiger partial charge in [0.15, 0.2) is 0 Å². The van der Waals surface area contributed by atoms with Gasteiger partial charge in [0.2, 0.25) is 0 Å². The van der Waals surface area contributed by atoms with Crippen LogP contribution in [0.15, 0.2) is 37.4 Å². The lowest BCUT2D eigenvalue weighted by molar-refractivity contribution is 0.284. The van der Waals surface area contributed by atoms with Gasteiger partial charge in [-0.05, 0) is 40.2 Å². The van der Waals surface area contributed by atoms with Crippen LogP contribution in [0.1, 0.15) is 99.6 Å². The molecule has 1 aromatic rings. The molecule has 1 rings (SSSR count). The standard InChI is InChI=1S/C20H34.C2H6.C2H4/c1-9-14-19(5,6)16-10-12-17(13-11-16)20(7,8)15-18(2,3)4;2*1-2/h10-13H,9,14-15H2,1-8H3;1-2H3;1-2H2. The Bertz CT molecular complexity index is 426. The second-order valence-corrected chi connectivity index (χ2v) is 8.83. The topological polar surface area (TPSA) is 0 Å². The van der Waals surface area contributed by atoms with Crippen molar-refractivity contribution in [1.82, 2.24) is 0 Å². The van der Waals surface area contributed by atoms with Gasteiger partial charge in [-0.1, -0.05) is 99.9 Å². The predicted octanol–water partition coefficient (Wildman–Crippen LogP) is 8.31. The summed E-state index contributed by atoms with van der Waals surface area (Å²) >= 11 is 0. The number of rotatable bonds is 5. The van der Waals surface area contributed by atoms with Crippen LogP contribution in [0.4, 0.5) is 0 Å². The van der Waals surface area contributed by atoms with Crippen molar-refractivity contribution in [3.8, 4) is 0 Å². The van der Waals surface area contributed by atoms with Crippen LogP contribution in [-0.4, -0.2) is 0 Å². The second-order valence-electron chi connectivity index (χ2n) is 8.83. The minimum absolute atomic E-state index is 0.242. The second kappa shape index (κ2) is 10.7. The maximum atomic E-state index is 3.00. The molecule has 24 heavy (non-hydrogen) atoms. The molecule has 0 fully saturated rings. The van der Waals surface area contributed by atoms with Crippen LogP contribution in [0.25, 0.3) is 0 Å². The molecule has 0 bridgehead atoms.